The summed E-state index contributed by atoms with van der Waals surface area (Å²) in [4.78, 5) is 6.38. The predicted molar refractivity (Wildman–Crippen MR) is 129 cm³/mol. The molecule has 2 aromatic carbocycles. The average Bonchev–Trinajstić information content (AvgIpc) is 2.75. The fourth-order valence-corrected chi connectivity index (χ4v) is 3.39. The number of nitrogens with one attached hydrogen (secondary N) is 1. The quantitative estimate of drug-likeness (QED) is 0.331. The van der Waals surface area contributed by atoms with Crippen LogP contribution < -0.4 is 5.32 Å². The maximum atomic E-state index is 13.1. The number of benzene rings is 2. The zero-order valence-corrected chi connectivity index (χ0v) is 20.0. The molecule has 0 amide bonds. The average molecular weight is 527 g/mol. The third-order valence-corrected chi connectivity index (χ3v) is 5.00. The molecule has 0 unspecified atom stereocenters. The molecule has 0 saturated carbocycles. The Morgan fingerprint density at radius 3 is 2.53 bits per heavy atom. The minimum Gasteiger partial charge on any atom is -0.381 e. The molecule has 1 aliphatic heterocycles. The molecule has 164 valence electrons. The summed E-state index contributed by atoms with van der Waals surface area (Å²) in [6.45, 7) is 3.53. The first-order valence-corrected chi connectivity index (χ1v) is 10.1. The molecule has 1 N–H and O–H groups in total. The highest BCUT2D eigenvalue weighted by atomic mass is 127. The standard InChI is InChI=1S/C23H30FN3O2.HI/c1-25-23(27(2)16-18-6-8-21(24)9-7-18)26-15-19-4-3-5-20(14-19)17-29-22-10-12-28-13-11-22;/h3-9,14,22H,10-13,15-17H2,1-2H3,(H,25,26);1H. The first kappa shape index (κ1) is 24.6. The molecule has 0 atom stereocenters. The zero-order valence-electron chi connectivity index (χ0n) is 17.6. The van der Waals surface area contributed by atoms with Crippen molar-refractivity contribution in [2.24, 2.45) is 4.99 Å². The van der Waals surface area contributed by atoms with Crippen LogP contribution in [0.4, 0.5) is 4.39 Å². The van der Waals surface area contributed by atoms with Crippen molar-refractivity contribution in [2.75, 3.05) is 27.3 Å². The van der Waals surface area contributed by atoms with Crippen LogP contribution >= 0.6 is 24.0 Å². The molecule has 1 heterocycles. The summed E-state index contributed by atoms with van der Waals surface area (Å²) in [6, 6.07) is 15.0. The van der Waals surface area contributed by atoms with Crippen LogP contribution in [-0.4, -0.2) is 44.3 Å². The van der Waals surface area contributed by atoms with Gasteiger partial charge in [0.25, 0.3) is 0 Å². The topological polar surface area (TPSA) is 46.1 Å². The summed E-state index contributed by atoms with van der Waals surface area (Å²) < 4.78 is 24.5. The number of hydrogen-bond acceptors (Lipinski definition) is 3. The van der Waals surface area contributed by atoms with Crippen molar-refractivity contribution < 1.29 is 13.9 Å². The predicted octanol–water partition coefficient (Wildman–Crippen LogP) is 4.35. The lowest BCUT2D eigenvalue weighted by Gasteiger charge is -2.23. The summed E-state index contributed by atoms with van der Waals surface area (Å²) in [5, 5.41) is 3.39. The first-order chi connectivity index (χ1) is 14.1. The Labute approximate surface area is 195 Å². The lowest BCUT2D eigenvalue weighted by Crippen LogP contribution is -2.38. The molecule has 0 radical (unpaired) electrons. The minimum atomic E-state index is -0.223. The number of guanidine groups is 1. The van der Waals surface area contributed by atoms with Crippen molar-refractivity contribution in [3.05, 3.63) is 71.0 Å². The van der Waals surface area contributed by atoms with E-state index in [1.165, 1.54) is 23.3 Å². The molecular formula is C23H31FIN3O2. The first-order valence-electron chi connectivity index (χ1n) is 10.1. The van der Waals surface area contributed by atoms with Crippen molar-refractivity contribution >= 4 is 29.9 Å². The van der Waals surface area contributed by atoms with Crippen molar-refractivity contribution in [2.45, 2.75) is 38.6 Å². The van der Waals surface area contributed by atoms with Crippen LogP contribution in [0.2, 0.25) is 0 Å². The molecule has 0 aromatic heterocycles. The van der Waals surface area contributed by atoms with E-state index in [1.807, 2.05) is 11.9 Å². The van der Waals surface area contributed by atoms with Gasteiger partial charge in [-0.05, 0) is 41.7 Å². The number of nitrogens with zero attached hydrogens (tertiary/aromatic N) is 2. The largest absolute Gasteiger partial charge is 0.381 e. The van der Waals surface area contributed by atoms with Gasteiger partial charge in [-0.2, -0.15) is 0 Å². The fourth-order valence-electron chi connectivity index (χ4n) is 3.39. The summed E-state index contributed by atoms with van der Waals surface area (Å²) >= 11 is 0. The zero-order chi connectivity index (χ0) is 20.5. The van der Waals surface area contributed by atoms with Crippen LogP contribution in [0.15, 0.2) is 53.5 Å². The van der Waals surface area contributed by atoms with Crippen LogP contribution in [0.1, 0.15) is 29.5 Å². The van der Waals surface area contributed by atoms with E-state index >= 15 is 0 Å². The van der Waals surface area contributed by atoms with Gasteiger partial charge < -0.3 is 19.7 Å². The van der Waals surface area contributed by atoms with Gasteiger partial charge in [0.15, 0.2) is 5.96 Å². The highest BCUT2D eigenvalue weighted by Gasteiger charge is 2.14. The molecule has 0 bridgehead atoms. The van der Waals surface area contributed by atoms with Gasteiger partial charge >= 0.3 is 0 Å². The number of aliphatic imine (C=N–C) groups is 1. The maximum absolute atomic E-state index is 13.1. The van der Waals surface area contributed by atoms with E-state index in [-0.39, 0.29) is 29.8 Å². The van der Waals surface area contributed by atoms with Gasteiger partial charge in [-0.15, -0.1) is 24.0 Å². The van der Waals surface area contributed by atoms with Gasteiger partial charge in [0.2, 0.25) is 0 Å². The molecule has 5 nitrogen and oxygen atoms in total. The van der Waals surface area contributed by atoms with Crippen molar-refractivity contribution in [1.82, 2.24) is 10.2 Å². The molecule has 0 aliphatic carbocycles. The second-order valence-electron chi connectivity index (χ2n) is 7.33. The molecule has 0 spiro atoms. The van der Waals surface area contributed by atoms with Gasteiger partial charge in [0, 0.05) is 40.4 Å². The maximum Gasteiger partial charge on any atom is 0.193 e. The molecule has 30 heavy (non-hydrogen) atoms. The Hall–Kier alpha value is -1.71. The molecule has 1 saturated heterocycles. The second-order valence-corrected chi connectivity index (χ2v) is 7.33. The number of rotatable bonds is 7. The Morgan fingerprint density at radius 1 is 1.13 bits per heavy atom. The molecule has 7 heteroatoms. The van der Waals surface area contributed by atoms with E-state index in [0.717, 1.165) is 37.6 Å². The summed E-state index contributed by atoms with van der Waals surface area (Å²) in [5.41, 5.74) is 3.38. The normalized spacial score (nSPS) is 14.8. The van der Waals surface area contributed by atoms with Crippen LogP contribution in [0.3, 0.4) is 0 Å². The Kier molecular flexibility index (Phi) is 10.5. The van der Waals surface area contributed by atoms with Crippen LogP contribution in [0, 0.1) is 5.82 Å². The molecule has 2 aromatic rings. The fraction of sp³-hybridized carbons (Fsp3) is 0.435. The van der Waals surface area contributed by atoms with E-state index in [0.29, 0.717) is 25.8 Å². The molecule has 3 rings (SSSR count). The molecule has 1 aliphatic rings. The number of ether oxygens (including phenoxy) is 2. The minimum absolute atomic E-state index is 0. The lowest BCUT2D eigenvalue weighted by molar-refractivity contribution is -0.0390. The van der Waals surface area contributed by atoms with Crippen LogP contribution in [0.5, 0.6) is 0 Å². The Morgan fingerprint density at radius 2 is 1.83 bits per heavy atom. The van der Waals surface area contributed by atoms with Crippen LogP contribution in [0.25, 0.3) is 0 Å². The van der Waals surface area contributed by atoms with E-state index in [4.69, 9.17) is 9.47 Å². The van der Waals surface area contributed by atoms with Gasteiger partial charge in [0.1, 0.15) is 5.82 Å². The van der Waals surface area contributed by atoms with E-state index < -0.39 is 0 Å². The molecule has 1 fully saturated rings. The third kappa shape index (κ3) is 7.85. The van der Waals surface area contributed by atoms with E-state index in [2.05, 4.69) is 34.6 Å². The smallest absolute Gasteiger partial charge is 0.193 e. The molecular weight excluding hydrogens is 496 g/mol. The van der Waals surface area contributed by atoms with Crippen molar-refractivity contribution in [3.8, 4) is 0 Å². The second kappa shape index (κ2) is 12.9. The van der Waals surface area contributed by atoms with Gasteiger partial charge in [-0.25, -0.2) is 4.39 Å². The summed E-state index contributed by atoms with van der Waals surface area (Å²) in [5.74, 6) is 0.567. The lowest BCUT2D eigenvalue weighted by atomic mass is 10.1. The van der Waals surface area contributed by atoms with Crippen molar-refractivity contribution in [1.29, 1.82) is 0 Å². The van der Waals surface area contributed by atoms with Crippen molar-refractivity contribution in [3.63, 3.8) is 0 Å². The SMILES string of the molecule is CN=C(NCc1cccc(COC2CCOCC2)c1)N(C)Cc1ccc(F)cc1.I. The third-order valence-electron chi connectivity index (χ3n) is 5.00. The Bertz CT molecular complexity index is 795. The monoisotopic (exact) mass is 527 g/mol. The van der Waals surface area contributed by atoms with Crippen LogP contribution in [-0.2, 0) is 29.2 Å². The van der Waals surface area contributed by atoms with Gasteiger partial charge in [-0.1, -0.05) is 36.4 Å². The van der Waals surface area contributed by atoms with E-state index in [9.17, 15) is 4.39 Å². The summed E-state index contributed by atoms with van der Waals surface area (Å²) in [6.07, 6.45) is 2.24. The van der Waals surface area contributed by atoms with Gasteiger partial charge in [-0.3, -0.25) is 4.99 Å². The Balaban J connectivity index is 0.00000320. The number of halogens is 2. The highest BCUT2D eigenvalue weighted by molar-refractivity contribution is 14.0. The number of hydrogen-bond donors (Lipinski definition) is 1. The van der Waals surface area contributed by atoms with Gasteiger partial charge in [0.05, 0.1) is 12.7 Å². The summed E-state index contributed by atoms with van der Waals surface area (Å²) in [7, 11) is 3.73. The highest BCUT2D eigenvalue weighted by Crippen LogP contribution is 2.14. The van der Waals surface area contributed by atoms with E-state index in [1.54, 1.807) is 19.2 Å².